The van der Waals surface area contributed by atoms with E-state index in [0.29, 0.717) is 0 Å². The van der Waals surface area contributed by atoms with Crippen molar-refractivity contribution in [1.82, 2.24) is 0 Å². The zero-order chi connectivity index (χ0) is 12.6. The van der Waals surface area contributed by atoms with Gasteiger partial charge in [0.15, 0.2) is 0 Å². The molecule has 0 amide bonds. The Morgan fingerprint density at radius 3 is 2.00 bits per heavy atom. The maximum absolute atomic E-state index is 2.59. The number of allylic oxidation sites excluding steroid dienone is 8. The zero-order valence-corrected chi connectivity index (χ0v) is 18.9. The zero-order valence-electron chi connectivity index (χ0n) is 12.5. The Morgan fingerprint density at radius 2 is 1.63 bits per heavy atom. The summed E-state index contributed by atoms with van der Waals surface area (Å²) in [6, 6.07) is 0. The van der Waals surface area contributed by atoms with Crippen molar-refractivity contribution in [2.75, 3.05) is 0 Å². The third kappa shape index (κ3) is 4.06. The SMILES string of the molecule is CC1=CC[C]([Hf]([C]2=C(C)C=CC2)[SiH](C)C)=C1C.Cl.Cl. The van der Waals surface area contributed by atoms with Gasteiger partial charge in [0, 0.05) is 0 Å². The van der Waals surface area contributed by atoms with E-state index in [9.17, 15) is 0 Å². The van der Waals surface area contributed by atoms with E-state index in [1.165, 1.54) is 12.8 Å². The van der Waals surface area contributed by atoms with Gasteiger partial charge in [-0.3, -0.25) is 0 Å². The Morgan fingerprint density at radius 1 is 1.00 bits per heavy atom. The second-order valence-corrected chi connectivity index (χ2v) is 32.3. The Balaban J connectivity index is 0.00000162. The third-order valence-corrected chi connectivity index (χ3v) is 32.3. The maximum atomic E-state index is 2.59. The summed E-state index contributed by atoms with van der Waals surface area (Å²) in [5, 5.41) is 0. The van der Waals surface area contributed by atoms with Gasteiger partial charge in [0.25, 0.3) is 0 Å². The Hall–Kier alpha value is 0.627. The Labute approximate surface area is 139 Å². The maximum Gasteiger partial charge on any atom is -0.147 e. The van der Waals surface area contributed by atoms with E-state index < -0.39 is 26.6 Å². The molecule has 2 aliphatic rings. The first kappa shape index (κ1) is 19.6. The van der Waals surface area contributed by atoms with Gasteiger partial charge in [-0.2, -0.15) is 0 Å². The molecule has 19 heavy (non-hydrogen) atoms. The number of hydrogen-bond acceptors (Lipinski definition) is 0. The second kappa shape index (κ2) is 8.16. The first-order valence-corrected chi connectivity index (χ1v) is 19.3. The Kier molecular flexibility index (Phi) is 8.43. The molecule has 0 radical (unpaired) electrons. The molecule has 0 saturated carbocycles. The van der Waals surface area contributed by atoms with Crippen LogP contribution in [0.1, 0.15) is 33.6 Å². The summed E-state index contributed by atoms with van der Waals surface area (Å²) in [4.78, 5) is 0. The summed E-state index contributed by atoms with van der Waals surface area (Å²) in [5.74, 6) is -0.472. The van der Waals surface area contributed by atoms with Gasteiger partial charge < -0.3 is 0 Å². The molecule has 0 atom stereocenters. The molecule has 2 aliphatic carbocycles. The minimum atomic E-state index is -1.62. The van der Waals surface area contributed by atoms with Crippen molar-refractivity contribution in [1.29, 1.82) is 0 Å². The molecule has 0 aromatic rings. The van der Waals surface area contributed by atoms with Crippen molar-refractivity contribution in [2.24, 2.45) is 0 Å². The molecular weight excluding hydrogens is 458 g/mol. The van der Waals surface area contributed by atoms with Crippen LogP contribution in [-0.4, -0.2) is 5.98 Å². The van der Waals surface area contributed by atoms with E-state index in [1.54, 1.807) is 16.7 Å². The topological polar surface area (TPSA) is 0 Å². The average molecular weight is 483 g/mol. The third-order valence-electron chi connectivity index (χ3n) is 4.05. The molecule has 0 heterocycles. The van der Waals surface area contributed by atoms with Gasteiger partial charge >= 0.3 is 115 Å². The predicted octanol–water partition coefficient (Wildman–Crippen LogP) is 5.29. The monoisotopic (exact) mass is 483 g/mol. The fourth-order valence-corrected chi connectivity index (χ4v) is 32.6. The van der Waals surface area contributed by atoms with Crippen LogP contribution in [-0.2, 0) is 20.6 Å². The van der Waals surface area contributed by atoms with Gasteiger partial charge in [0.1, 0.15) is 0 Å². The van der Waals surface area contributed by atoms with Crippen LogP contribution < -0.4 is 0 Å². The van der Waals surface area contributed by atoms with Gasteiger partial charge in [0.05, 0.1) is 0 Å². The van der Waals surface area contributed by atoms with E-state index in [1.807, 2.05) is 6.66 Å². The van der Waals surface area contributed by atoms with Crippen LogP contribution in [0.3, 0.4) is 0 Å². The van der Waals surface area contributed by atoms with Gasteiger partial charge in [-0.05, 0) is 0 Å². The van der Waals surface area contributed by atoms with E-state index in [2.05, 4.69) is 52.1 Å². The summed E-state index contributed by atoms with van der Waals surface area (Å²) >= 11 is -1.62. The van der Waals surface area contributed by atoms with Crippen molar-refractivity contribution in [3.63, 3.8) is 0 Å². The standard InChI is InChI=1S/C7H9.C6H7.C2H7Si.2ClH.Hf/c1-6-4-3-5-7(6)2;1-6-4-2-3-5-6;1-3-2;;;/h4H,3H2,1-2H3;2,4H,3H2,1H3;3H,1-2H3;2*1H;. The van der Waals surface area contributed by atoms with Crippen molar-refractivity contribution in [3.8, 4) is 0 Å². The number of hydrogen-bond donors (Lipinski definition) is 0. The molecule has 0 unspecified atom stereocenters. The summed E-state index contributed by atoms with van der Waals surface area (Å²) in [6.45, 7) is 12.2. The molecule has 2 rings (SSSR count). The van der Waals surface area contributed by atoms with Crippen LogP contribution in [0.25, 0.3) is 0 Å². The first-order chi connectivity index (χ1) is 8.02. The molecule has 0 aromatic heterocycles. The van der Waals surface area contributed by atoms with E-state index >= 15 is 0 Å². The fourth-order valence-electron chi connectivity index (χ4n) is 2.93. The minimum absolute atomic E-state index is 0. The summed E-state index contributed by atoms with van der Waals surface area (Å²) < 4.78 is 3.86. The molecule has 0 nitrogen and oxygen atoms in total. The Bertz CT molecular complexity index is 459. The van der Waals surface area contributed by atoms with Gasteiger partial charge in [0.2, 0.25) is 0 Å². The van der Waals surface area contributed by atoms with Crippen LogP contribution in [0, 0.1) is 0 Å². The van der Waals surface area contributed by atoms with Crippen molar-refractivity contribution in [2.45, 2.75) is 46.7 Å². The largest absolute Gasteiger partial charge is 0.147 e. The molecule has 107 valence electrons. The van der Waals surface area contributed by atoms with Gasteiger partial charge in [-0.25, -0.2) is 0 Å². The van der Waals surface area contributed by atoms with Crippen molar-refractivity contribution in [3.05, 3.63) is 41.6 Å². The summed E-state index contributed by atoms with van der Waals surface area (Å²) in [6.07, 6.45) is 9.79. The van der Waals surface area contributed by atoms with Crippen LogP contribution in [0.4, 0.5) is 0 Å². The average Bonchev–Trinajstić information content (AvgIpc) is 2.80. The van der Waals surface area contributed by atoms with Crippen LogP contribution in [0.2, 0.25) is 13.1 Å². The molecule has 0 bridgehead atoms. The van der Waals surface area contributed by atoms with Crippen molar-refractivity contribution < 1.29 is 20.6 Å². The summed E-state index contributed by atoms with van der Waals surface area (Å²) in [7, 11) is 0. The molecule has 0 spiro atoms. The molecule has 4 heteroatoms. The van der Waals surface area contributed by atoms with Gasteiger partial charge in [-0.1, -0.05) is 0 Å². The van der Waals surface area contributed by atoms with Crippen molar-refractivity contribution >= 4 is 30.8 Å². The van der Waals surface area contributed by atoms with Crippen LogP contribution in [0.15, 0.2) is 41.6 Å². The molecular formula is C15H25Cl2HfSi. The quantitative estimate of drug-likeness (QED) is 0.480. The molecule has 0 aliphatic heterocycles. The van der Waals surface area contributed by atoms with Crippen LogP contribution in [0.5, 0.6) is 0 Å². The first-order valence-electron chi connectivity index (χ1n) is 6.63. The van der Waals surface area contributed by atoms with Gasteiger partial charge in [-0.15, -0.1) is 24.8 Å². The molecule has 0 fully saturated rings. The number of rotatable bonds is 3. The predicted molar refractivity (Wildman–Crippen MR) is 90.9 cm³/mol. The van der Waals surface area contributed by atoms with E-state index in [-0.39, 0.29) is 24.8 Å². The van der Waals surface area contributed by atoms with Crippen LogP contribution >= 0.6 is 24.8 Å². The summed E-state index contributed by atoms with van der Waals surface area (Å²) in [5.41, 5.74) is 4.85. The molecule has 0 aromatic carbocycles. The minimum Gasteiger partial charge on any atom is -0.147 e. The molecule has 0 N–H and O–H groups in total. The van der Waals surface area contributed by atoms with E-state index in [0.717, 1.165) is 0 Å². The number of halogens is 2. The molecule has 0 saturated heterocycles. The van der Waals surface area contributed by atoms with E-state index in [4.69, 9.17) is 0 Å². The second-order valence-electron chi connectivity index (χ2n) is 5.53. The smallest absolute Gasteiger partial charge is 0.147 e. The normalized spacial score (nSPS) is 17.7. The fraction of sp³-hybridized carbons (Fsp3) is 0.467.